The van der Waals surface area contributed by atoms with E-state index in [-0.39, 0.29) is 11.6 Å². The molecular weight excluding hydrogens is 465 g/mol. The fourth-order valence-electron chi connectivity index (χ4n) is 5.05. The summed E-state index contributed by atoms with van der Waals surface area (Å²) < 4.78 is 15.7. The predicted molar refractivity (Wildman–Crippen MR) is 143 cm³/mol. The first-order valence-electron chi connectivity index (χ1n) is 12.6. The maximum atomic E-state index is 13.8. The summed E-state index contributed by atoms with van der Waals surface area (Å²) in [6.45, 7) is 1.56. The number of nitrogens with one attached hydrogen (secondary N) is 1. The lowest BCUT2D eigenvalue weighted by atomic mass is 10.0. The number of aromatic nitrogens is 4. The number of carbonyl (C=O) groups excluding carboxylic acids is 1. The molecule has 0 saturated heterocycles. The Morgan fingerprint density at radius 2 is 1.68 bits per heavy atom. The van der Waals surface area contributed by atoms with Crippen molar-refractivity contribution in [2.45, 2.75) is 38.6 Å². The largest absolute Gasteiger partial charge is 0.351 e. The van der Waals surface area contributed by atoms with E-state index in [0.717, 1.165) is 46.4 Å². The molecule has 0 radical (unpaired) electrons. The Kier molecular flexibility index (Phi) is 5.96. The molecule has 1 fully saturated rings. The standard InChI is InChI=1S/C30H26FN5O/c1-19(37)20-9-11-21(12-10-20)26-7-4-8-27-28(29(35-36(26)27)22-13-15-23(31)16-14-22)25-17-18-32-30(34-25)33-24-5-2-3-6-24/h4,7-18,24H,2-3,5-6H2,1H3,(H,32,33,34). The minimum Gasteiger partial charge on any atom is -0.351 e. The lowest BCUT2D eigenvalue weighted by Crippen LogP contribution is -2.16. The van der Waals surface area contributed by atoms with Gasteiger partial charge in [0, 0.05) is 28.9 Å². The van der Waals surface area contributed by atoms with Gasteiger partial charge in [-0.2, -0.15) is 5.10 Å². The first-order chi connectivity index (χ1) is 18.1. The molecule has 184 valence electrons. The van der Waals surface area contributed by atoms with Crippen molar-refractivity contribution < 1.29 is 9.18 Å². The number of fused-ring (bicyclic) bond motifs is 1. The Morgan fingerprint density at radius 1 is 0.946 bits per heavy atom. The van der Waals surface area contributed by atoms with Crippen LogP contribution in [0.5, 0.6) is 0 Å². The molecule has 0 spiro atoms. The van der Waals surface area contributed by atoms with Crippen molar-refractivity contribution in [3.05, 3.63) is 90.4 Å². The van der Waals surface area contributed by atoms with E-state index in [0.29, 0.717) is 23.2 Å². The lowest BCUT2D eigenvalue weighted by Gasteiger charge is -2.12. The number of pyridine rings is 1. The second kappa shape index (κ2) is 9.58. The quantitative estimate of drug-likeness (QED) is 0.264. The van der Waals surface area contributed by atoms with Gasteiger partial charge < -0.3 is 5.32 Å². The highest BCUT2D eigenvalue weighted by atomic mass is 19.1. The number of benzene rings is 2. The minimum absolute atomic E-state index is 0.0236. The maximum Gasteiger partial charge on any atom is 0.223 e. The van der Waals surface area contributed by atoms with E-state index in [1.807, 2.05) is 53.0 Å². The molecule has 3 heterocycles. The molecule has 0 aliphatic heterocycles. The van der Waals surface area contributed by atoms with Crippen molar-refractivity contribution in [2.75, 3.05) is 5.32 Å². The van der Waals surface area contributed by atoms with Crippen LogP contribution < -0.4 is 5.32 Å². The van der Waals surface area contributed by atoms with E-state index in [4.69, 9.17) is 10.1 Å². The predicted octanol–water partition coefficient (Wildman–Crippen LogP) is 6.82. The number of anilines is 1. The number of halogens is 1. The first kappa shape index (κ1) is 23.0. The summed E-state index contributed by atoms with van der Waals surface area (Å²) in [5.74, 6) is 0.325. The Bertz CT molecular complexity index is 1590. The van der Waals surface area contributed by atoms with Crippen molar-refractivity contribution in [1.29, 1.82) is 0 Å². The molecule has 7 heteroatoms. The molecule has 0 amide bonds. The van der Waals surface area contributed by atoms with Crippen LogP contribution in [-0.4, -0.2) is 31.4 Å². The van der Waals surface area contributed by atoms with Gasteiger partial charge in [-0.1, -0.05) is 43.2 Å². The van der Waals surface area contributed by atoms with Crippen molar-refractivity contribution in [2.24, 2.45) is 0 Å². The Balaban J connectivity index is 1.52. The molecular formula is C30H26FN5O. The highest BCUT2D eigenvalue weighted by molar-refractivity contribution is 5.95. The molecule has 0 atom stereocenters. The van der Waals surface area contributed by atoms with E-state index < -0.39 is 0 Å². The van der Waals surface area contributed by atoms with Gasteiger partial charge in [-0.3, -0.25) is 4.79 Å². The fourth-order valence-corrected chi connectivity index (χ4v) is 5.05. The van der Waals surface area contributed by atoms with E-state index >= 15 is 0 Å². The molecule has 1 N–H and O–H groups in total. The summed E-state index contributed by atoms with van der Waals surface area (Å²) >= 11 is 0. The topological polar surface area (TPSA) is 72.2 Å². The summed E-state index contributed by atoms with van der Waals surface area (Å²) in [6, 6.07) is 22.1. The van der Waals surface area contributed by atoms with Gasteiger partial charge in [0.2, 0.25) is 5.95 Å². The van der Waals surface area contributed by atoms with E-state index in [1.54, 1.807) is 25.3 Å². The number of carbonyl (C=O) groups is 1. The smallest absolute Gasteiger partial charge is 0.223 e. The third-order valence-corrected chi connectivity index (χ3v) is 6.96. The van der Waals surface area contributed by atoms with Crippen LogP contribution in [0.2, 0.25) is 0 Å². The van der Waals surface area contributed by atoms with Crippen LogP contribution in [0, 0.1) is 5.82 Å². The van der Waals surface area contributed by atoms with Gasteiger partial charge in [-0.05, 0) is 62.2 Å². The number of hydrogen-bond acceptors (Lipinski definition) is 5. The van der Waals surface area contributed by atoms with Crippen LogP contribution in [-0.2, 0) is 0 Å². The summed E-state index contributed by atoms with van der Waals surface area (Å²) in [6.07, 6.45) is 6.45. The second-order valence-electron chi connectivity index (χ2n) is 9.46. The number of ketones is 1. The Morgan fingerprint density at radius 3 is 2.41 bits per heavy atom. The highest BCUT2D eigenvalue weighted by Crippen LogP contribution is 2.36. The highest BCUT2D eigenvalue weighted by Gasteiger charge is 2.21. The van der Waals surface area contributed by atoms with Crippen LogP contribution >= 0.6 is 0 Å². The maximum absolute atomic E-state index is 13.8. The zero-order chi connectivity index (χ0) is 25.4. The minimum atomic E-state index is -0.301. The fraction of sp³-hybridized carbons (Fsp3) is 0.200. The molecule has 6 rings (SSSR count). The van der Waals surface area contributed by atoms with Gasteiger partial charge in [0.15, 0.2) is 5.78 Å². The first-order valence-corrected chi connectivity index (χ1v) is 12.6. The van der Waals surface area contributed by atoms with Crippen LogP contribution in [0.25, 0.3) is 39.3 Å². The van der Waals surface area contributed by atoms with E-state index in [1.165, 1.54) is 25.0 Å². The van der Waals surface area contributed by atoms with Crippen molar-refractivity contribution in [1.82, 2.24) is 19.6 Å². The molecule has 1 saturated carbocycles. The third kappa shape index (κ3) is 4.48. The van der Waals surface area contributed by atoms with Gasteiger partial charge in [0.1, 0.15) is 11.5 Å². The Hall–Kier alpha value is -4.39. The number of nitrogens with zero attached hydrogens (tertiary/aromatic N) is 4. The number of hydrogen-bond donors (Lipinski definition) is 1. The molecule has 37 heavy (non-hydrogen) atoms. The Labute approximate surface area is 214 Å². The average Bonchev–Trinajstić information content (AvgIpc) is 3.57. The summed E-state index contributed by atoms with van der Waals surface area (Å²) in [4.78, 5) is 21.1. The summed E-state index contributed by atoms with van der Waals surface area (Å²) in [7, 11) is 0. The van der Waals surface area contributed by atoms with Crippen molar-refractivity contribution in [3.63, 3.8) is 0 Å². The molecule has 0 bridgehead atoms. The van der Waals surface area contributed by atoms with Gasteiger partial charge in [0.05, 0.1) is 22.5 Å². The van der Waals surface area contributed by atoms with E-state index in [2.05, 4.69) is 10.3 Å². The lowest BCUT2D eigenvalue weighted by molar-refractivity contribution is 0.101. The third-order valence-electron chi connectivity index (χ3n) is 6.96. The van der Waals surface area contributed by atoms with Crippen LogP contribution in [0.3, 0.4) is 0 Å². The van der Waals surface area contributed by atoms with Crippen molar-refractivity contribution >= 4 is 17.2 Å². The molecule has 3 aromatic heterocycles. The monoisotopic (exact) mass is 491 g/mol. The zero-order valence-corrected chi connectivity index (χ0v) is 20.5. The van der Waals surface area contributed by atoms with E-state index in [9.17, 15) is 9.18 Å². The van der Waals surface area contributed by atoms with Crippen molar-refractivity contribution in [3.8, 4) is 33.8 Å². The molecule has 1 aliphatic rings. The van der Waals surface area contributed by atoms with Crippen LogP contribution in [0.1, 0.15) is 43.0 Å². The number of rotatable bonds is 6. The molecule has 1 aliphatic carbocycles. The molecule has 2 aromatic carbocycles. The second-order valence-corrected chi connectivity index (χ2v) is 9.46. The SMILES string of the molecule is CC(=O)c1ccc(-c2cccc3c(-c4ccnc(NC5CCCC5)n4)c(-c4ccc(F)cc4)nn23)cc1. The molecule has 0 unspecified atom stereocenters. The van der Waals surface area contributed by atoms with Gasteiger partial charge in [-0.25, -0.2) is 18.9 Å². The van der Waals surface area contributed by atoms with Crippen LogP contribution in [0.4, 0.5) is 10.3 Å². The zero-order valence-electron chi connectivity index (χ0n) is 20.5. The number of Topliss-reactive ketones (excluding diaryl/α,β-unsaturated/α-hetero) is 1. The van der Waals surface area contributed by atoms with Gasteiger partial charge >= 0.3 is 0 Å². The molecule has 5 aromatic rings. The summed E-state index contributed by atoms with van der Waals surface area (Å²) in [5, 5.41) is 8.49. The van der Waals surface area contributed by atoms with Crippen LogP contribution in [0.15, 0.2) is 79.0 Å². The normalized spacial score (nSPS) is 13.8. The average molecular weight is 492 g/mol. The van der Waals surface area contributed by atoms with Gasteiger partial charge in [0.25, 0.3) is 0 Å². The van der Waals surface area contributed by atoms with Gasteiger partial charge in [-0.15, -0.1) is 0 Å². The summed E-state index contributed by atoms with van der Waals surface area (Å²) in [5.41, 5.74) is 6.44. The molecule has 6 nitrogen and oxygen atoms in total.